The van der Waals surface area contributed by atoms with Gasteiger partial charge in [0.2, 0.25) is 0 Å². The zero-order chi connectivity index (χ0) is 10.6. The number of hydrogen-bond donors (Lipinski definition) is 2. The molecule has 4 heteroatoms. The number of thiocarbonyl (C=S) groups is 1. The van der Waals surface area contributed by atoms with E-state index >= 15 is 0 Å². The highest BCUT2D eigenvalue weighted by molar-refractivity contribution is 7.80. The molecule has 2 atom stereocenters. The molecule has 82 valence electrons. The van der Waals surface area contributed by atoms with Crippen LogP contribution < -0.4 is 10.6 Å². The van der Waals surface area contributed by atoms with Gasteiger partial charge in [-0.25, -0.2) is 0 Å². The zero-order valence-electron chi connectivity index (χ0n) is 9.17. The smallest absolute Gasteiger partial charge is 0.166 e. The SMILES string of the molecule is CC(C)CNC(=S)NC1CCOC1C. The van der Waals surface area contributed by atoms with E-state index in [0.29, 0.717) is 12.0 Å². The fourth-order valence-electron chi connectivity index (χ4n) is 1.44. The van der Waals surface area contributed by atoms with Gasteiger partial charge in [-0.05, 0) is 31.5 Å². The van der Waals surface area contributed by atoms with E-state index in [0.717, 1.165) is 24.7 Å². The Hall–Kier alpha value is -0.350. The third-order valence-corrected chi connectivity index (χ3v) is 2.63. The van der Waals surface area contributed by atoms with Gasteiger partial charge >= 0.3 is 0 Å². The summed E-state index contributed by atoms with van der Waals surface area (Å²) >= 11 is 5.18. The van der Waals surface area contributed by atoms with E-state index in [9.17, 15) is 0 Å². The van der Waals surface area contributed by atoms with E-state index in [1.165, 1.54) is 0 Å². The third-order valence-electron chi connectivity index (χ3n) is 2.36. The highest BCUT2D eigenvalue weighted by Gasteiger charge is 2.24. The highest BCUT2D eigenvalue weighted by atomic mass is 32.1. The molecule has 3 nitrogen and oxygen atoms in total. The van der Waals surface area contributed by atoms with Crippen molar-refractivity contribution in [1.29, 1.82) is 0 Å². The fourth-order valence-corrected chi connectivity index (χ4v) is 1.67. The summed E-state index contributed by atoms with van der Waals surface area (Å²) in [7, 11) is 0. The van der Waals surface area contributed by atoms with Crippen molar-refractivity contribution in [3.8, 4) is 0 Å². The molecule has 0 saturated carbocycles. The van der Waals surface area contributed by atoms with Crippen molar-refractivity contribution in [2.75, 3.05) is 13.2 Å². The quantitative estimate of drug-likeness (QED) is 0.696. The predicted molar refractivity (Wildman–Crippen MR) is 62.4 cm³/mol. The maximum Gasteiger partial charge on any atom is 0.166 e. The van der Waals surface area contributed by atoms with Crippen molar-refractivity contribution >= 4 is 17.3 Å². The van der Waals surface area contributed by atoms with Crippen LogP contribution in [-0.4, -0.2) is 30.4 Å². The first-order valence-electron chi connectivity index (χ1n) is 5.25. The summed E-state index contributed by atoms with van der Waals surface area (Å²) in [6.45, 7) is 8.17. The predicted octanol–water partition coefficient (Wildman–Crippen LogP) is 1.28. The molecule has 0 aromatic heterocycles. The minimum atomic E-state index is 0.272. The van der Waals surface area contributed by atoms with Crippen LogP contribution in [0.5, 0.6) is 0 Å². The van der Waals surface area contributed by atoms with E-state index in [4.69, 9.17) is 17.0 Å². The Bertz CT molecular complexity index is 197. The topological polar surface area (TPSA) is 33.3 Å². The van der Waals surface area contributed by atoms with Crippen LogP contribution in [0.25, 0.3) is 0 Å². The molecule has 0 radical (unpaired) electrons. The second kappa shape index (κ2) is 5.51. The molecule has 0 aromatic rings. The third kappa shape index (κ3) is 3.80. The van der Waals surface area contributed by atoms with E-state index in [2.05, 4.69) is 31.4 Å². The maximum atomic E-state index is 5.44. The van der Waals surface area contributed by atoms with E-state index in [1.807, 2.05) is 0 Å². The molecule has 2 N–H and O–H groups in total. The molecule has 0 bridgehead atoms. The van der Waals surface area contributed by atoms with Crippen LogP contribution in [0.15, 0.2) is 0 Å². The van der Waals surface area contributed by atoms with Gasteiger partial charge in [0.05, 0.1) is 12.1 Å². The summed E-state index contributed by atoms with van der Waals surface area (Å²) in [6.07, 6.45) is 1.32. The second-order valence-corrected chi connectivity index (χ2v) is 4.63. The molecule has 1 aliphatic heterocycles. The zero-order valence-corrected chi connectivity index (χ0v) is 9.99. The molecule has 14 heavy (non-hydrogen) atoms. The van der Waals surface area contributed by atoms with Crippen LogP contribution in [-0.2, 0) is 4.74 Å². The van der Waals surface area contributed by atoms with Gasteiger partial charge in [0.25, 0.3) is 0 Å². The van der Waals surface area contributed by atoms with Crippen LogP contribution in [0.2, 0.25) is 0 Å². The first kappa shape index (κ1) is 11.7. The number of ether oxygens (including phenoxy) is 1. The molecule has 1 aliphatic rings. The lowest BCUT2D eigenvalue weighted by molar-refractivity contribution is 0.116. The van der Waals surface area contributed by atoms with Crippen LogP contribution in [0, 0.1) is 5.92 Å². The lowest BCUT2D eigenvalue weighted by Crippen LogP contribution is -2.45. The molecule has 0 amide bonds. The Morgan fingerprint density at radius 3 is 2.79 bits per heavy atom. The molecule has 1 saturated heterocycles. The van der Waals surface area contributed by atoms with Crippen molar-refractivity contribution < 1.29 is 4.74 Å². The molecule has 1 fully saturated rings. The Morgan fingerprint density at radius 2 is 2.29 bits per heavy atom. The number of rotatable bonds is 3. The molecular formula is C10H20N2OS. The molecular weight excluding hydrogens is 196 g/mol. The standard InChI is InChI=1S/C10H20N2OS/c1-7(2)6-11-10(14)12-9-4-5-13-8(9)3/h7-9H,4-6H2,1-3H3,(H2,11,12,14). The first-order valence-corrected chi connectivity index (χ1v) is 5.66. The molecule has 0 aromatic carbocycles. The minimum absolute atomic E-state index is 0.272. The lowest BCUT2D eigenvalue weighted by atomic mass is 10.2. The Balaban J connectivity index is 2.19. The Morgan fingerprint density at radius 1 is 1.57 bits per heavy atom. The van der Waals surface area contributed by atoms with Crippen LogP contribution in [0.4, 0.5) is 0 Å². The lowest BCUT2D eigenvalue weighted by Gasteiger charge is -2.19. The number of nitrogens with one attached hydrogen (secondary N) is 2. The van der Waals surface area contributed by atoms with Gasteiger partial charge in [0.1, 0.15) is 0 Å². The summed E-state index contributed by atoms with van der Waals surface area (Å²) in [5.41, 5.74) is 0. The van der Waals surface area contributed by atoms with Gasteiger partial charge in [0, 0.05) is 13.2 Å². The molecule has 2 unspecified atom stereocenters. The van der Waals surface area contributed by atoms with Crippen molar-refractivity contribution in [3.05, 3.63) is 0 Å². The Labute approximate surface area is 91.6 Å². The summed E-state index contributed by atoms with van der Waals surface area (Å²) in [5.74, 6) is 0.618. The molecule has 0 spiro atoms. The molecule has 1 rings (SSSR count). The maximum absolute atomic E-state index is 5.44. The van der Waals surface area contributed by atoms with Gasteiger partial charge in [-0.15, -0.1) is 0 Å². The molecule has 0 aliphatic carbocycles. The van der Waals surface area contributed by atoms with Crippen molar-refractivity contribution in [1.82, 2.24) is 10.6 Å². The van der Waals surface area contributed by atoms with Crippen molar-refractivity contribution in [2.45, 2.75) is 39.3 Å². The minimum Gasteiger partial charge on any atom is -0.376 e. The average Bonchev–Trinajstić information content (AvgIpc) is 2.49. The van der Waals surface area contributed by atoms with Crippen molar-refractivity contribution in [2.24, 2.45) is 5.92 Å². The first-order chi connectivity index (χ1) is 6.59. The van der Waals surface area contributed by atoms with Crippen molar-refractivity contribution in [3.63, 3.8) is 0 Å². The van der Waals surface area contributed by atoms with Gasteiger partial charge in [-0.3, -0.25) is 0 Å². The summed E-state index contributed by atoms with van der Waals surface area (Å²) in [5, 5.41) is 7.22. The second-order valence-electron chi connectivity index (χ2n) is 4.22. The Kier molecular flexibility index (Phi) is 4.62. The summed E-state index contributed by atoms with van der Waals surface area (Å²) in [4.78, 5) is 0. The summed E-state index contributed by atoms with van der Waals surface area (Å²) in [6, 6.07) is 0.377. The van der Waals surface area contributed by atoms with E-state index in [-0.39, 0.29) is 6.10 Å². The van der Waals surface area contributed by atoms with E-state index < -0.39 is 0 Å². The number of hydrogen-bond acceptors (Lipinski definition) is 2. The van der Waals surface area contributed by atoms with Crippen LogP contribution in [0.3, 0.4) is 0 Å². The van der Waals surface area contributed by atoms with Gasteiger partial charge < -0.3 is 15.4 Å². The van der Waals surface area contributed by atoms with Crippen LogP contribution in [0.1, 0.15) is 27.2 Å². The average molecular weight is 216 g/mol. The van der Waals surface area contributed by atoms with Gasteiger partial charge in [-0.1, -0.05) is 13.8 Å². The van der Waals surface area contributed by atoms with Gasteiger partial charge in [-0.2, -0.15) is 0 Å². The largest absolute Gasteiger partial charge is 0.376 e. The monoisotopic (exact) mass is 216 g/mol. The van der Waals surface area contributed by atoms with Crippen LogP contribution >= 0.6 is 12.2 Å². The normalized spacial score (nSPS) is 26.6. The van der Waals surface area contributed by atoms with Gasteiger partial charge in [0.15, 0.2) is 5.11 Å². The fraction of sp³-hybridized carbons (Fsp3) is 0.900. The summed E-state index contributed by atoms with van der Waals surface area (Å²) < 4.78 is 5.44. The highest BCUT2D eigenvalue weighted by Crippen LogP contribution is 2.12. The molecule has 1 heterocycles. The van der Waals surface area contributed by atoms with E-state index in [1.54, 1.807) is 0 Å².